The summed E-state index contributed by atoms with van der Waals surface area (Å²) in [6.07, 6.45) is -1.27. The van der Waals surface area contributed by atoms with Crippen LogP contribution in [0, 0.1) is 6.92 Å². The molecule has 1 aliphatic carbocycles. The van der Waals surface area contributed by atoms with Gasteiger partial charge in [-0.25, -0.2) is 4.52 Å². The number of benzene rings is 2. The second-order valence-electron chi connectivity index (χ2n) is 9.25. The van der Waals surface area contributed by atoms with E-state index in [2.05, 4.69) is 15.4 Å². The first-order valence-corrected chi connectivity index (χ1v) is 11.9. The first kappa shape index (κ1) is 24.8. The van der Waals surface area contributed by atoms with Gasteiger partial charge in [0.05, 0.1) is 30.1 Å². The summed E-state index contributed by atoms with van der Waals surface area (Å²) in [5.41, 5.74) is 1.42. The van der Waals surface area contributed by atoms with E-state index in [4.69, 9.17) is 4.74 Å². The van der Waals surface area contributed by atoms with Crippen molar-refractivity contribution in [1.82, 2.24) is 19.9 Å². The van der Waals surface area contributed by atoms with Gasteiger partial charge < -0.3 is 15.0 Å². The third kappa shape index (κ3) is 4.89. The summed E-state index contributed by atoms with van der Waals surface area (Å²) in [6, 6.07) is 12.6. The number of hydrogen-bond acceptors (Lipinski definition) is 4. The molecule has 2 heterocycles. The number of alkyl halides is 3. The highest BCUT2D eigenvalue weighted by Crippen LogP contribution is 2.43. The molecule has 1 atom stereocenters. The molecule has 1 amide bonds. The highest BCUT2D eigenvalue weighted by Gasteiger charge is 2.35. The van der Waals surface area contributed by atoms with Gasteiger partial charge in [0.15, 0.2) is 5.69 Å². The minimum Gasteiger partial charge on any atom is -0.382 e. The lowest BCUT2D eigenvalue weighted by atomic mass is 10.0. The Bertz CT molecular complexity index is 1520. The molecular formula is C27H25F3N4O3. The van der Waals surface area contributed by atoms with Crippen LogP contribution < -0.4 is 10.9 Å². The van der Waals surface area contributed by atoms with E-state index < -0.39 is 29.2 Å². The Labute approximate surface area is 210 Å². The molecule has 0 spiro atoms. The summed E-state index contributed by atoms with van der Waals surface area (Å²) in [6.45, 7) is 1.62. The Kier molecular flexibility index (Phi) is 6.36. The van der Waals surface area contributed by atoms with Gasteiger partial charge in [-0.05, 0) is 54.5 Å². The van der Waals surface area contributed by atoms with Crippen molar-refractivity contribution in [3.63, 3.8) is 0 Å². The van der Waals surface area contributed by atoms with Crippen molar-refractivity contribution in [2.75, 3.05) is 13.7 Å². The van der Waals surface area contributed by atoms with Gasteiger partial charge in [-0.3, -0.25) is 9.59 Å². The summed E-state index contributed by atoms with van der Waals surface area (Å²) < 4.78 is 46.2. The molecule has 2 N–H and O–H groups in total. The number of rotatable bonds is 7. The van der Waals surface area contributed by atoms with Crippen LogP contribution in [-0.4, -0.2) is 34.2 Å². The van der Waals surface area contributed by atoms with Gasteiger partial charge in [0, 0.05) is 12.7 Å². The number of halogens is 3. The van der Waals surface area contributed by atoms with Gasteiger partial charge in [0.25, 0.3) is 11.5 Å². The van der Waals surface area contributed by atoms with E-state index in [1.54, 1.807) is 7.11 Å². The molecule has 7 nitrogen and oxygen atoms in total. The molecular weight excluding hydrogens is 485 g/mol. The number of carbonyl (C=O) groups is 1. The fourth-order valence-electron chi connectivity index (χ4n) is 4.63. The van der Waals surface area contributed by atoms with E-state index in [0.717, 1.165) is 24.5 Å². The number of nitrogens with one attached hydrogen (secondary N) is 2. The molecule has 2 aromatic carbocycles. The van der Waals surface area contributed by atoms with Crippen LogP contribution in [0.1, 0.15) is 57.5 Å². The Hall–Kier alpha value is -3.92. The number of methoxy groups -OCH3 is 1. The average molecular weight is 511 g/mol. The normalized spacial score (nSPS) is 14.6. The van der Waals surface area contributed by atoms with Crippen LogP contribution in [-0.2, 0) is 10.9 Å². The first-order valence-electron chi connectivity index (χ1n) is 11.9. The number of amides is 1. The predicted octanol–water partition coefficient (Wildman–Crippen LogP) is 5.01. The van der Waals surface area contributed by atoms with Crippen molar-refractivity contribution in [3.8, 4) is 11.3 Å². The maximum Gasteiger partial charge on any atom is 0.416 e. The fraction of sp³-hybridized carbons (Fsp3) is 0.296. The second-order valence-corrected chi connectivity index (χ2v) is 9.25. The summed E-state index contributed by atoms with van der Waals surface area (Å²) >= 11 is 0. The van der Waals surface area contributed by atoms with Crippen LogP contribution in [0.3, 0.4) is 0 Å². The molecule has 37 heavy (non-hydrogen) atoms. The van der Waals surface area contributed by atoms with Crippen LogP contribution in [0.15, 0.2) is 59.5 Å². The summed E-state index contributed by atoms with van der Waals surface area (Å²) in [4.78, 5) is 29.3. The highest BCUT2D eigenvalue weighted by atomic mass is 19.4. The van der Waals surface area contributed by atoms with Crippen molar-refractivity contribution in [2.24, 2.45) is 0 Å². The molecule has 0 radical (unpaired) electrons. The van der Waals surface area contributed by atoms with E-state index in [0.29, 0.717) is 16.8 Å². The maximum absolute atomic E-state index is 13.4. The Morgan fingerprint density at radius 3 is 2.57 bits per heavy atom. The molecule has 1 aliphatic rings. The van der Waals surface area contributed by atoms with Crippen LogP contribution in [0.4, 0.5) is 13.2 Å². The minimum atomic E-state index is -4.47. The van der Waals surface area contributed by atoms with Crippen molar-refractivity contribution < 1.29 is 22.7 Å². The van der Waals surface area contributed by atoms with Crippen molar-refractivity contribution in [2.45, 2.75) is 37.9 Å². The fourth-order valence-corrected chi connectivity index (χ4v) is 4.63. The van der Waals surface area contributed by atoms with Gasteiger partial charge in [0.1, 0.15) is 5.52 Å². The predicted molar refractivity (Wildman–Crippen MR) is 131 cm³/mol. The summed E-state index contributed by atoms with van der Waals surface area (Å²) in [5.74, 6) is -0.390. The standard InChI is InChI=1S/C27H25F3N4O3/c1-15-12-18(10-11-19(15)27(28,29)30)20-13-34-24(26(36)31-20)22(17-8-9-17)23(33-34)25(35)32-21(14-37-2)16-6-4-3-5-7-16/h3-7,10-13,17,21H,8-9,14H2,1-2H3,(H,31,36)(H,32,35)/t21-/m1/s1. The van der Waals surface area contributed by atoms with E-state index in [9.17, 15) is 22.8 Å². The second kappa shape index (κ2) is 9.51. The number of fused-ring (bicyclic) bond motifs is 1. The van der Waals surface area contributed by atoms with Gasteiger partial charge >= 0.3 is 6.18 Å². The van der Waals surface area contributed by atoms with E-state index in [1.807, 2.05) is 30.3 Å². The van der Waals surface area contributed by atoms with Gasteiger partial charge in [-0.2, -0.15) is 18.3 Å². The number of carbonyl (C=O) groups excluding carboxylic acids is 1. The number of hydrogen-bond donors (Lipinski definition) is 2. The first-order chi connectivity index (χ1) is 17.7. The molecule has 4 aromatic rings. The Balaban J connectivity index is 1.55. The zero-order valence-corrected chi connectivity index (χ0v) is 20.2. The molecule has 2 aromatic heterocycles. The van der Waals surface area contributed by atoms with Gasteiger partial charge in [-0.15, -0.1) is 0 Å². The zero-order valence-electron chi connectivity index (χ0n) is 20.2. The average Bonchev–Trinajstić information content (AvgIpc) is 3.62. The lowest BCUT2D eigenvalue weighted by Crippen LogP contribution is -2.32. The van der Waals surface area contributed by atoms with Crippen LogP contribution in [0.5, 0.6) is 0 Å². The quantitative estimate of drug-likeness (QED) is 0.366. The Morgan fingerprint density at radius 2 is 1.95 bits per heavy atom. The van der Waals surface area contributed by atoms with E-state index in [-0.39, 0.29) is 29.3 Å². The Morgan fingerprint density at radius 1 is 1.22 bits per heavy atom. The van der Waals surface area contributed by atoms with Crippen LogP contribution in [0.2, 0.25) is 0 Å². The SMILES string of the molecule is COC[C@@H](NC(=O)c1nn2cc(-c3ccc(C(F)(F)F)c(C)c3)[nH]c(=O)c2c1C1CC1)c1ccccc1. The van der Waals surface area contributed by atoms with Crippen molar-refractivity contribution >= 4 is 11.4 Å². The lowest BCUT2D eigenvalue weighted by Gasteiger charge is -2.18. The molecule has 0 unspecified atom stereocenters. The molecule has 0 bridgehead atoms. The molecule has 1 saturated carbocycles. The maximum atomic E-state index is 13.4. The molecule has 10 heteroatoms. The molecule has 1 fully saturated rings. The molecule has 192 valence electrons. The van der Waals surface area contributed by atoms with E-state index in [1.165, 1.54) is 29.8 Å². The van der Waals surface area contributed by atoms with Crippen molar-refractivity contribution in [3.05, 3.63) is 93.0 Å². The summed E-state index contributed by atoms with van der Waals surface area (Å²) in [5, 5.41) is 7.44. The number of aryl methyl sites for hydroxylation is 1. The number of nitrogens with zero attached hydrogens (tertiary/aromatic N) is 2. The lowest BCUT2D eigenvalue weighted by molar-refractivity contribution is -0.138. The number of H-pyrrole nitrogens is 1. The summed E-state index contributed by atoms with van der Waals surface area (Å²) in [7, 11) is 1.55. The van der Waals surface area contributed by atoms with Crippen LogP contribution >= 0.6 is 0 Å². The van der Waals surface area contributed by atoms with Gasteiger partial charge in [0.2, 0.25) is 0 Å². The van der Waals surface area contributed by atoms with Crippen LogP contribution in [0.25, 0.3) is 16.8 Å². The molecule has 0 aliphatic heterocycles. The minimum absolute atomic E-state index is 0.0373. The number of aromatic nitrogens is 3. The van der Waals surface area contributed by atoms with Gasteiger partial charge in [-0.1, -0.05) is 36.4 Å². The smallest absolute Gasteiger partial charge is 0.382 e. The third-order valence-electron chi connectivity index (χ3n) is 6.55. The topological polar surface area (TPSA) is 88.5 Å². The highest BCUT2D eigenvalue weighted by molar-refractivity contribution is 5.96. The number of ether oxygens (including phenoxy) is 1. The molecule has 5 rings (SSSR count). The third-order valence-corrected chi connectivity index (χ3v) is 6.55. The monoisotopic (exact) mass is 510 g/mol. The molecule has 0 saturated heterocycles. The van der Waals surface area contributed by atoms with Crippen molar-refractivity contribution in [1.29, 1.82) is 0 Å². The largest absolute Gasteiger partial charge is 0.416 e. The van der Waals surface area contributed by atoms with E-state index >= 15 is 0 Å². The zero-order chi connectivity index (χ0) is 26.3. The number of aromatic amines is 1.